The molecule has 0 aliphatic carbocycles. The fourth-order valence-electron chi connectivity index (χ4n) is 2.97. The maximum Gasteiger partial charge on any atom is 0.328 e. The lowest BCUT2D eigenvalue weighted by molar-refractivity contribution is -0.159. The molecule has 29 heavy (non-hydrogen) atoms. The van der Waals surface area contributed by atoms with Gasteiger partial charge in [0.2, 0.25) is 5.91 Å². The van der Waals surface area contributed by atoms with Gasteiger partial charge in [-0.05, 0) is 30.5 Å². The predicted octanol–water partition coefficient (Wildman–Crippen LogP) is 2.57. The second-order valence-corrected chi connectivity index (χ2v) is 6.55. The molecule has 2 atom stereocenters. The Hall–Kier alpha value is -2.77. The van der Waals surface area contributed by atoms with E-state index in [0.717, 1.165) is 5.56 Å². The largest absolute Gasteiger partial charge is 0.493 e. The summed E-state index contributed by atoms with van der Waals surface area (Å²) >= 11 is 0. The lowest BCUT2D eigenvalue weighted by atomic mass is 9.96. The van der Waals surface area contributed by atoms with Crippen LogP contribution in [0.15, 0.2) is 18.2 Å². The monoisotopic (exact) mass is 409 g/mol. The van der Waals surface area contributed by atoms with Crippen LogP contribution in [0.1, 0.15) is 39.2 Å². The van der Waals surface area contributed by atoms with Gasteiger partial charge in [-0.2, -0.15) is 0 Å². The number of nitrogens with zero attached hydrogens (tertiary/aromatic N) is 1. The zero-order chi connectivity index (χ0) is 22.0. The average Bonchev–Trinajstić information content (AvgIpc) is 2.72. The van der Waals surface area contributed by atoms with Crippen molar-refractivity contribution in [2.45, 2.75) is 46.2 Å². The van der Waals surface area contributed by atoms with Gasteiger partial charge in [0.25, 0.3) is 0 Å². The molecule has 0 spiro atoms. The normalized spacial score (nSPS) is 12.5. The fraction of sp³-hybridized carbons (Fsp3) is 0.571. The summed E-state index contributed by atoms with van der Waals surface area (Å²) in [7, 11) is 4.33. The van der Waals surface area contributed by atoms with E-state index in [9.17, 15) is 14.4 Å². The van der Waals surface area contributed by atoms with Crippen LogP contribution in [0, 0.1) is 5.92 Å². The molecule has 0 N–H and O–H groups in total. The molecule has 0 fully saturated rings. The van der Waals surface area contributed by atoms with Crippen molar-refractivity contribution in [3.8, 4) is 11.5 Å². The summed E-state index contributed by atoms with van der Waals surface area (Å²) in [6.45, 7) is 5.72. The number of esters is 2. The van der Waals surface area contributed by atoms with Crippen molar-refractivity contribution >= 4 is 17.8 Å². The Morgan fingerprint density at radius 1 is 1.03 bits per heavy atom. The predicted molar refractivity (Wildman–Crippen MR) is 107 cm³/mol. The fourth-order valence-corrected chi connectivity index (χ4v) is 2.97. The van der Waals surface area contributed by atoms with Crippen molar-refractivity contribution in [1.29, 1.82) is 0 Å². The SMILES string of the molecule is CCOC(=O)CC(=O)N(Cc1ccc(OC)c(OC)c1)[C@H](C(=O)OC)C(C)CC. The van der Waals surface area contributed by atoms with E-state index in [1.54, 1.807) is 25.1 Å². The Kier molecular flexibility index (Phi) is 9.99. The Morgan fingerprint density at radius 3 is 2.21 bits per heavy atom. The molecule has 0 saturated heterocycles. The molecule has 1 unspecified atom stereocenters. The second kappa shape index (κ2) is 11.9. The average molecular weight is 409 g/mol. The van der Waals surface area contributed by atoms with Crippen LogP contribution in [0.25, 0.3) is 0 Å². The summed E-state index contributed by atoms with van der Waals surface area (Å²) in [5.74, 6) is -0.796. The Balaban J connectivity index is 3.29. The highest BCUT2D eigenvalue weighted by atomic mass is 16.5. The van der Waals surface area contributed by atoms with Crippen LogP contribution < -0.4 is 9.47 Å². The molecule has 1 rings (SSSR count). The first kappa shape index (κ1) is 24.3. The van der Waals surface area contributed by atoms with E-state index in [1.165, 1.54) is 26.2 Å². The first-order chi connectivity index (χ1) is 13.8. The highest BCUT2D eigenvalue weighted by molar-refractivity contribution is 5.96. The van der Waals surface area contributed by atoms with E-state index in [1.807, 2.05) is 13.8 Å². The van der Waals surface area contributed by atoms with Gasteiger partial charge in [0, 0.05) is 6.54 Å². The summed E-state index contributed by atoms with van der Waals surface area (Å²) in [4.78, 5) is 38.7. The quantitative estimate of drug-likeness (QED) is 0.410. The maximum absolute atomic E-state index is 13.0. The van der Waals surface area contributed by atoms with Crippen molar-refractivity contribution in [2.24, 2.45) is 5.92 Å². The lowest BCUT2D eigenvalue weighted by Crippen LogP contribution is -2.49. The highest BCUT2D eigenvalue weighted by Crippen LogP contribution is 2.29. The van der Waals surface area contributed by atoms with E-state index < -0.39 is 30.3 Å². The van der Waals surface area contributed by atoms with Crippen LogP contribution in [0.3, 0.4) is 0 Å². The first-order valence-electron chi connectivity index (χ1n) is 9.56. The van der Waals surface area contributed by atoms with Crippen molar-refractivity contribution in [3.63, 3.8) is 0 Å². The molecule has 1 aromatic rings. The van der Waals surface area contributed by atoms with E-state index in [2.05, 4.69) is 0 Å². The third kappa shape index (κ3) is 6.66. The minimum atomic E-state index is -0.833. The highest BCUT2D eigenvalue weighted by Gasteiger charge is 2.35. The van der Waals surface area contributed by atoms with Crippen molar-refractivity contribution < 1.29 is 33.3 Å². The van der Waals surface area contributed by atoms with Crippen molar-refractivity contribution in [3.05, 3.63) is 23.8 Å². The molecule has 0 bridgehead atoms. The molecular formula is C21H31NO7. The third-order valence-corrected chi connectivity index (χ3v) is 4.68. The molecule has 0 aliphatic rings. The molecule has 0 radical (unpaired) electrons. The number of hydrogen-bond acceptors (Lipinski definition) is 7. The summed E-state index contributed by atoms with van der Waals surface area (Å²) in [6, 6.07) is 4.39. The summed E-state index contributed by atoms with van der Waals surface area (Å²) in [5.41, 5.74) is 0.720. The van der Waals surface area contributed by atoms with E-state index in [4.69, 9.17) is 18.9 Å². The summed E-state index contributed by atoms with van der Waals surface area (Å²) < 4.78 is 20.4. The molecule has 0 heterocycles. The second-order valence-electron chi connectivity index (χ2n) is 6.55. The molecule has 1 amide bonds. The number of carbonyl (C=O) groups excluding carboxylic acids is 3. The van der Waals surface area contributed by atoms with Gasteiger partial charge in [0.1, 0.15) is 12.5 Å². The third-order valence-electron chi connectivity index (χ3n) is 4.68. The van der Waals surface area contributed by atoms with Crippen LogP contribution in [0.4, 0.5) is 0 Å². The van der Waals surface area contributed by atoms with Gasteiger partial charge in [0.05, 0.1) is 27.9 Å². The standard InChI is InChI=1S/C21H31NO7/c1-7-14(3)20(21(25)28-6)22(18(23)12-19(24)29-8-2)13-15-9-10-16(26-4)17(11-15)27-5/h9-11,14,20H,7-8,12-13H2,1-6H3/t14?,20-/m0/s1. The van der Waals surface area contributed by atoms with Gasteiger partial charge in [-0.1, -0.05) is 26.3 Å². The smallest absolute Gasteiger partial charge is 0.328 e. The number of ether oxygens (including phenoxy) is 4. The van der Waals surface area contributed by atoms with Crippen LogP contribution >= 0.6 is 0 Å². The number of carbonyl (C=O) groups is 3. The van der Waals surface area contributed by atoms with Crippen molar-refractivity contribution in [1.82, 2.24) is 4.90 Å². The first-order valence-corrected chi connectivity index (χ1v) is 9.56. The Morgan fingerprint density at radius 2 is 1.69 bits per heavy atom. The topological polar surface area (TPSA) is 91.4 Å². The Bertz CT molecular complexity index is 704. The van der Waals surface area contributed by atoms with Crippen LogP contribution in [-0.2, 0) is 30.4 Å². The zero-order valence-electron chi connectivity index (χ0n) is 18.0. The van der Waals surface area contributed by atoms with Gasteiger partial charge < -0.3 is 23.8 Å². The molecule has 8 nitrogen and oxygen atoms in total. The number of hydrogen-bond donors (Lipinski definition) is 0. The van der Waals surface area contributed by atoms with E-state index >= 15 is 0 Å². The summed E-state index contributed by atoms with van der Waals surface area (Å²) in [5, 5.41) is 0. The van der Waals surface area contributed by atoms with Gasteiger partial charge >= 0.3 is 11.9 Å². The minimum absolute atomic E-state index is 0.0999. The number of rotatable bonds is 11. The van der Waals surface area contributed by atoms with E-state index in [0.29, 0.717) is 17.9 Å². The summed E-state index contributed by atoms with van der Waals surface area (Å²) in [6.07, 6.45) is 0.194. The molecular weight excluding hydrogens is 378 g/mol. The van der Waals surface area contributed by atoms with Gasteiger partial charge in [0.15, 0.2) is 11.5 Å². The number of amides is 1. The molecule has 162 valence electrons. The van der Waals surface area contributed by atoms with Crippen LogP contribution in [-0.4, -0.2) is 56.7 Å². The zero-order valence-corrected chi connectivity index (χ0v) is 18.0. The van der Waals surface area contributed by atoms with Gasteiger partial charge in [-0.15, -0.1) is 0 Å². The molecule has 0 aromatic heterocycles. The van der Waals surface area contributed by atoms with Crippen molar-refractivity contribution in [2.75, 3.05) is 27.9 Å². The van der Waals surface area contributed by atoms with Gasteiger partial charge in [-0.25, -0.2) is 4.79 Å². The van der Waals surface area contributed by atoms with E-state index in [-0.39, 0.29) is 19.1 Å². The molecule has 8 heteroatoms. The van der Waals surface area contributed by atoms with Crippen LogP contribution in [0.5, 0.6) is 11.5 Å². The van der Waals surface area contributed by atoms with Gasteiger partial charge in [-0.3, -0.25) is 9.59 Å². The number of benzene rings is 1. The molecule has 1 aromatic carbocycles. The molecule has 0 saturated carbocycles. The lowest BCUT2D eigenvalue weighted by Gasteiger charge is -2.33. The van der Waals surface area contributed by atoms with Crippen LogP contribution in [0.2, 0.25) is 0 Å². The number of methoxy groups -OCH3 is 3. The minimum Gasteiger partial charge on any atom is -0.493 e. The Labute approximate surface area is 172 Å². The maximum atomic E-state index is 13.0. The molecule has 0 aliphatic heterocycles.